The van der Waals surface area contributed by atoms with Crippen molar-refractivity contribution in [2.75, 3.05) is 13.2 Å². The summed E-state index contributed by atoms with van der Waals surface area (Å²) in [5.41, 5.74) is 0.914. The molecule has 0 aromatic heterocycles. The highest BCUT2D eigenvalue weighted by Gasteiger charge is 2.26. The van der Waals surface area contributed by atoms with Gasteiger partial charge in [-0.1, -0.05) is 69.4 Å². The molecule has 0 aliphatic heterocycles. The largest absolute Gasteiger partial charge is 0.482 e. The van der Waals surface area contributed by atoms with Crippen LogP contribution in [0.2, 0.25) is 5.02 Å². The first-order valence-electron chi connectivity index (χ1n) is 9.57. The van der Waals surface area contributed by atoms with Crippen molar-refractivity contribution in [1.29, 1.82) is 0 Å². The number of benzene rings is 2. The third-order valence-electron chi connectivity index (χ3n) is 4.36. The molecule has 30 heavy (non-hydrogen) atoms. The summed E-state index contributed by atoms with van der Waals surface area (Å²) in [5.74, 6) is 0.230. The Kier molecular flexibility index (Phi) is 9.65. The highest BCUT2D eigenvalue weighted by molar-refractivity contribution is 9.10. The van der Waals surface area contributed by atoms with E-state index < -0.39 is 6.04 Å². The second kappa shape index (κ2) is 11.7. The lowest BCUT2D eigenvalue weighted by Gasteiger charge is -2.29. The SMILES string of the molecule is CC(C)CNC(=O)[C@@H](C)N(Cc1ccc(Br)cc1)C(=O)COc1ccc(Br)cc1Cl. The number of hydrogen-bond acceptors (Lipinski definition) is 3. The summed E-state index contributed by atoms with van der Waals surface area (Å²) in [5, 5.41) is 3.30. The van der Waals surface area contributed by atoms with Gasteiger partial charge in [0.1, 0.15) is 11.8 Å². The van der Waals surface area contributed by atoms with Gasteiger partial charge >= 0.3 is 0 Å². The van der Waals surface area contributed by atoms with Crippen LogP contribution in [0.5, 0.6) is 5.75 Å². The Morgan fingerprint density at radius 2 is 1.70 bits per heavy atom. The van der Waals surface area contributed by atoms with E-state index in [1.54, 1.807) is 25.1 Å². The first kappa shape index (κ1) is 24.7. The first-order valence-corrected chi connectivity index (χ1v) is 11.5. The third kappa shape index (κ3) is 7.60. The molecule has 2 amide bonds. The van der Waals surface area contributed by atoms with Gasteiger partial charge in [-0.2, -0.15) is 0 Å². The van der Waals surface area contributed by atoms with E-state index in [1.165, 1.54) is 4.90 Å². The van der Waals surface area contributed by atoms with Gasteiger partial charge in [-0.05, 0) is 48.7 Å². The van der Waals surface area contributed by atoms with Crippen LogP contribution >= 0.6 is 43.5 Å². The molecule has 0 fully saturated rings. The molecule has 1 atom stereocenters. The summed E-state index contributed by atoms with van der Waals surface area (Å²) >= 11 is 12.9. The molecule has 2 rings (SSSR count). The van der Waals surface area contributed by atoms with E-state index in [0.29, 0.717) is 29.8 Å². The lowest BCUT2D eigenvalue weighted by molar-refractivity contribution is -0.142. The van der Waals surface area contributed by atoms with Crippen LogP contribution < -0.4 is 10.1 Å². The topological polar surface area (TPSA) is 58.6 Å². The molecule has 2 aromatic carbocycles. The first-order chi connectivity index (χ1) is 14.2. The van der Waals surface area contributed by atoms with Gasteiger partial charge in [-0.3, -0.25) is 9.59 Å². The average molecular weight is 561 g/mol. The lowest BCUT2D eigenvalue weighted by Crippen LogP contribution is -2.49. The van der Waals surface area contributed by atoms with E-state index in [9.17, 15) is 9.59 Å². The van der Waals surface area contributed by atoms with E-state index in [2.05, 4.69) is 37.2 Å². The van der Waals surface area contributed by atoms with E-state index >= 15 is 0 Å². The molecule has 8 heteroatoms. The van der Waals surface area contributed by atoms with E-state index in [0.717, 1.165) is 14.5 Å². The lowest BCUT2D eigenvalue weighted by atomic mass is 10.1. The number of carbonyl (C=O) groups excluding carboxylic acids is 2. The van der Waals surface area contributed by atoms with Crippen molar-refractivity contribution in [3.05, 3.63) is 62.0 Å². The summed E-state index contributed by atoms with van der Waals surface area (Å²) in [6.45, 7) is 6.38. The van der Waals surface area contributed by atoms with Crippen molar-refractivity contribution < 1.29 is 14.3 Å². The van der Waals surface area contributed by atoms with Crippen LogP contribution in [0.4, 0.5) is 0 Å². The maximum Gasteiger partial charge on any atom is 0.261 e. The van der Waals surface area contributed by atoms with Crippen molar-refractivity contribution in [3.8, 4) is 5.75 Å². The molecule has 0 aliphatic rings. The van der Waals surface area contributed by atoms with Crippen molar-refractivity contribution in [1.82, 2.24) is 10.2 Å². The van der Waals surface area contributed by atoms with Crippen LogP contribution in [-0.4, -0.2) is 35.9 Å². The van der Waals surface area contributed by atoms with Crippen molar-refractivity contribution in [3.63, 3.8) is 0 Å². The quantitative estimate of drug-likeness (QED) is 0.445. The molecule has 0 saturated carbocycles. The fourth-order valence-electron chi connectivity index (χ4n) is 2.64. The van der Waals surface area contributed by atoms with Gasteiger partial charge in [-0.25, -0.2) is 0 Å². The molecule has 5 nitrogen and oxygen atoms in total. The summed E-state index contributed by atoms with van der Waals surface area (Å²) in [7, 11) is 0. The molecule has 0 aliphatic carbocycles. The molecule has 0 spiro atoms. The normalized spacial score (nSPS) is 11.8. The Balaban J connectivity index is 2.14. The van der Waals surface area contributed by atoms with Gasteiger partial charge in [0.2, 0.25) is 5.91 Å². The number of ether oxygens (including phenoxy) is 1. The van der Waals surface area contributed by atoms with E-state index in [4.69, 9.17) is 16.3 Å². The zero-order valence-corrected chi connectivity index (χ0v) is 21.1. The zero-order chi connectivity index (χ0) is 22.3. The van der Waals surface area contributed by atoms with Gasteiger partial charge < -0.3 is 15.0 Å². The highest BCUT2D eigenvalue weighted by Crippen LogP contribution is 2.27. The van der Waals surface area contributed by atoms with E-state index in [1.807, 2.05) is 38.1 Å². The maximum atomic E-state index is 13.0. The summed E-state index contributed by atoms with van der Waals surface area (Å²) in [6, 6.07) is 12.2. The number of carbonyl (C=O) groups is 2. The van der Waals surface area contributed by atoms with Crippen molar-refractivity contribution in [2.45, 2.75) is 33.4 Å². The molecule has 0 radical (unpaired) electrons. The van der Waals surface area contributed by atoms with Gasteiger partial charge in [-0.15, -0.1) is 0 Å². The average Bonchev–Trinajstić information content (AvgIpc) is 2.70. The van der Waals surface area contributed by atoms with Gasteiger partial charge in [0, 0.05) is 22.0 Å². The Morgan fingerprint density at radius 3 is 2.30 bits per heavy atom. The molecule has 0 saturated heterocycles. The van der Waals surface area contributed by atoms with Gasteiger partial charge in [0.15, 0.2) is 6.61 Å². The fraction of sp³-hybridized carbons (Fsp3) is 0.364. The number of amides is 2. The van der Waals surface area contributed by atoms with Crippen LogP contribution in [0.25, 0.3) is 0 Å². The minimum Gasteiger partial charge on any atom is -0.482 e. The Hall–Kier alpha value is -1.57. The molecular formula is C22H25Br2ClN2O3. The van der Waals surface area contributed by atoms with Gasteiger partial charge in [0.05, 0.1) is 5.02 Å². The number of rotatable bonds is 9. The Bertz CT molecular complexity index is 875. The Labute approximate surface area is 199 Å². The number of hydrogen-bond donors (Lipinski definition) is 1. The molecule has 1 N–H and O–H groups in total. The highest BCUT2D eigenvalue weighted by atomic mass is 79.9. The molecule has 162 valence electrons. The minimum absolute atomic E-state index is 0.198. The second-order valence-corrected chi connectivity index (χ2v) is 9.57. The predicted octanol–water partition coefficient (Wildman–Crippen LogP) is 5.43. The van der Waals surface area contributed by atoms with Crippen LogP contribution in [0, 0.1) is 5.92 Å². The second-order valence-electron chi connectivity index (χ2n) is 7.33. The molecule has 0 unspecified atom stereocenters. The summed E-state index contributed by atoms with van der Waals surface area (Å²) < 4.78 is 7.40. The maximum absolute atomic E-state index is 13.0. The monoisotopic (exact) mass is 558 g/mol. The Morgan fingerprint density at radius 1 is 1.07 bits per heavy atom. The van der Waals surface area contributed by atoms with Crippen molar-refractivity contribution >= 4 is 55.3 Å². The van der Waals surface area contributed by atoms with Crippen molar-refractivity contribution in [2.24, 2.45) is 5.92 Å². The van der Waals surface area contributed by atoms with Crippen LogP contribution in [0.3, 0.4) is 0 Å². The third-order valence-corrected chi connectivity index (χ3v) is 5.68. The smallest absolute Gasteiger partial charge is 0.261 e. The van der Waals surface area contributed by atoms with Crippen LogP contribution in [-0.2, 0) is 16.1 Å². The molecular weight excluding hydrogens is 536 g/mol. The standard InChI is InChI=1S/C22H25Br2ClN2O3/c1-14(2)11-26-22(29)15(3)27(12-16-4-6-17(23)7-5-16)21(28)13-30-20-9-8-18(24)10-19(20)25/h4-10,14-15H,11-13H2,1-3H3,(H,26,29)/t15-/m1/s1. The predicted molar refractivity (Wildman–Crippen MR) is 127 cm³/mol. The molecule has 0 heterocycles. The summed E-state index contributed by atoms with van der Waals surface area (Å²) in [4.78, 5) is 27.2. The molecule has 0 bridgehead atoms. The number of nitrogens with zero attached hydrogens (tertiary/aromatic N) is 1. The van der Waals surface area contributed by atoms with Gasteiger partial charge in [0.25, 0.3) is 5.91 Å². The number of nitrogens with one attached hydrogen (secondary N) is 1. The minimum atomic E-state index is -0.649. The van der Waals surface area contributed by atoms with Crippen LogP contribution in [0.1, 0.15) is 26.3 Å². The fourth-order valence-corrected chi connectivity index (χ4v) is 3.63. The number of halogens is 3. The zero-order valence-electron chi connectivity index (χ0n) is 17.1. The van der Waals surface area contributed by atoms with Crippen LogP contribution in [0.15, 0.2) is 51.4 Å². The van der Waals surface area contributed by atoms with E-state index in [-0.39, 0.29) is 18.4 Å². The summed E-state index contributed by atoms with van der Waals surface area (Å²) in [6.07, 6.45) is 0. The molecule has 2 aromatic rings.